The van der Waals surface area contributed by atoms with Crippen LogP contribution in [0.5, 0.6) is 0 Å². The Kier molecular flexibility index (Phi) is 1.60. The molecule has 2 unspecified atom stereocenters. The lowest BCUT2D eigenvalue weighted by Gasteiger charge is -2.22. The minimum Gasteiger partial charge on any atom is -0.352 e. The number of nitrogens with zero attached hydrogens (tertiary/aromatic N) is 1. The van der Waals surface area contributed by atoms with Gasteiger partial charge in [-0.2, -0.15) is 0 Å². The van der Waals surface area contributed by atoms with E-state index in [0.717, 1.165) is 12.5 Å². The molecule has 0 radical (unpaired) electrons. The van der Waals surface area contributed by atoms with Crippen LogP contribution in [0.3, 0.4) is 0 Å². The van der Waals surface area contributed by atoms with Crippen molar-refractivity contribution in [2.75, 3.05) is 19.6 Å². The number of amides is 1. The Morgan fingerprint density at radius 2 is 2.36 bits per heavy atom. The molecule has 2 aliphatic rings. The van der Waals surface area contributed by atoms with Crippen molar-refractivity contribution in [1.82, 2.24) is 10.2 Å². The van der Waals surface area contributed by atoms with Crippen molar-refractivity contribution >= 4 is 5.91 Å². The summed E-state index contributed by atoms with van der Waals surface area (Å²) in [6.07, 6.45) is 1.27. The van der Waals surface area contributed by atoms with E-state index in [1.165, 1.54) is 19.5 Å². The summed E-state index contributed by atoms with van der Waals surface area (Å²) in [5.41, 5.74) is 0. The van der Waals surface area contributed by atoms with Gasteiger partial charge in [-0.05, 0) is 18.9 Å². The van der Waals surface area contributed by atoms with E-state index in [1.54, 1.807) is 6.92 Å². The van der Waals surface area contributed by atoms with Crippen LogP contribution in [0.2, 0.25) is 0 Å². The summed E-state index contributed by atoms with van der Waals surface area (Å²) < 4.78 is 0. The third kappa shape index (κ3) is 1.25. The van der Waals surface area contributed by atoms with Crippen molar-refractivity contribution in [3.8, 4) is 0 Å². The zero-order valence-corrected chi connectivity index (χ0v) is 6.84. The molecule has 2 bridgehead atoms. The topological polar surface area (TPSA) is 32.3 Å². The Bertz CT molecular complexity index is 181. The van der Waals surface area contributed by atoms with Crippen molar-refractivity contribution in [3.63, 3.8) is 0 Å². The number of hydrogen-bond donors (Lipinski definition) is 1. The molecule has 1 N–H and O–H groups in total. The van der Waals surface area contributed by atoms with Crippen molar-refractivity contribution in [1.29, 1.82) is 0 Å². The van der Waals surface area contributed by atoms with Crippen molar-refractivity contribution in [2.24, 2.45) is 5.92 Å². The first-order valence-electron chi connectivity index (χ1n) is 4.25. The Hall–Kier alpha value is -0.570. The molecule has 0 saturated carbocycles. The molecule has 0 aromatic rings. The number of carbonyl (C=O) groups is 1. The number of carbonyl (C=O) groups excluding carboxylic acids is 1. The lowest BCUT2D eigenvalue weighted by molar-refractivity contribution is -0.119. The van der Waals surface area contributed by atoms with Gasteiger partial charge in [-0.1, -0.05) is 0 Å². The molecule has 0 aromatic carbocycles. The van der Waals surface area contributed by atoms with E-state index in [2.05, 4.69) is 10.2 Å². The van der Waals surface area contributed by atoms with Gasteiger partial charge in [-0.15, -0.1) is 0 Å². The standard InChI is InChI=1S/C8H14N2O/c1-6(11)9-8-5-10-3-2-7(8)4-10/h7-8H,2-5H2,1H3,(H,9,11)/t7?,8-/m0/s1. The molecule has 2 aliphatic heterocycles. The van der Waals surface area contributed by atoms with Crippen molar-refractivity contribution in [2.45, 2.75) is 19.4 Å². The molecular formula is C8H14N2O. The molecule has 3 atom stereocenters. The number of piperidine rings is 1. The second-order valence-electron chi connectivity index (χ2n) is 3.62. The molecule has 2 heterocycles. The molecule has 3 heteroatoms. The maximum Gasteiger partial charge on any atom is 0.217 e. The van der Waals surface area contributed by atoms with Gasteiger partial charge in [0.2, 0.25) is 5.91 Å². The smallest absolute Gasteiger partial charge is 0.217 e. The highest BCUT2D eigenvalue weighted by Gasteiger charge is 2.37. The predicted molar refractivity (Wildman–Crippen MR) is 42.2 cm³/mol. The Balaban J connectivity index is 1.92. The van der Waals surface area contributed by atoms with Gasteiger partial charge in [-0.3, -0.25) is 4.79 Å². The lowest BCUT2D eigenvalue weighted by atomic mass is 10.0. The molecule has 3 nitrogen and oxygen atoms in total. The van der Waals surface area contributed by atoms with E-state index in [0.29, 0.717) is 6.04 Å². The normalized spacial score (nSPS) is 41.0. The van der Waals surface area contributed by atoms with E-state index in [4.69, 9.17) is 0 Å². The average molecular weight is 154 g/mol. The first kappa shape index (κ1) is 7.10. The van der Waals surface area contributed by atoms with Gasteiger partial charge in [0.1, 0.15) is 0 Å². The molecule has 1 amide bonds. The number of fused-ring (bicyclic) bond motifs is 2. The molecule has 0 aliphatic carbocycles. The SMILES string of the molecule is CC(=O)N[C@H]1CN2CCC1C2. The molecular weight excluding hydrogens is 140 g/mol. The highest BCUT2D eigenvalue weighted by Crippen LogP contribution is 2.27. The molecule has 11 heavy (non-hydrogen) atoms. The van der Waals surface area contributed by atoms with Crippen molar-refractivity contribution in [3.05, 3.63) is 0 Å². The zero-order valence-electron chi connectivity index (χ0n) is 6.84. The van der Waals surface area contributed by atoms with Crippen LogP contribution in [0.4, 0.5) is 0 Å². The quantitative estimate of drug-likeness (QED) is 0.568. The number of rotatable bonds is 1. The van der Waals surface area contributed by atoms with E-state index in [1.807, 2.05) is 0 Å². The van der Waals surface area contributed by atoms with Gasteiger partial charge in [0.25, 0.3) is 0 Å². The minimum absolute atomic E-state index is 0.115. The minimum atomic E-state index is 0.115. The molecule has 62 valence electrons. The number of nitrogens with one attached hydrogen (secondary N) is 1. The Labute approximate surface area is 66.8 Å². The van der Waals surface area contributed by atoms with E-state index >= 15 is 0 Å². The van der Waals surface area contributed by atoms with Crippen LogP contribution in [0.25, 0.3) is 0 Å². The Morgan fingerprint density at radius 1 is 1.55 bits per heavy atom. The zero-order chi connectivity index (χ0) is 7.84. The van der Waals surface area contributed by atoms with Gasteiger partial charge in [0.05, 0.1) is 0 Å². The maximum absolute atomic E-state index is 10.7. The molecule has 2 fully saturated rings. The summed E-state index contributed by atoms with van der Waals surface area (Å²) in [7, 11) is 0. The largest absolute Gasteiger partial charge is 0.352 e. The summed E-state index contributed by atoms with van der Waals surface area (Å²) >= 11 is 0. The van der Waals surface area contributed by atoms with Crippen LogP contribution >= 0.6 is 0 Å². The first-order valence-corrected chi connectivity index (χ1v) is 4.25. The highest BCUT2D eigenvalue weighted by atomic mass is 16.1. The van der Waals surface area contributed by atoms with Crippen LogP contribution < -0.4 is 5.32 Å². The molecule has 0 aromatic heterocycles. The predicted octanol–water partition coefficient (Wildman–Crippen LogP) is -0.173. The fourth-order valence-corrected chi connectivity index (χ4v) is 2.21. The fraction of sp³-hybridized carbons (Fsp3) is 0.875. The summed E-state index contributed by atoms with van der Waals surface area (Å²) in [5.74, 6) is 0.850. The van der Waals surface area contributed by atoms with Gasteiger partial charge < -0.3 is 10.2 Å². The van der Waals surface area contributed by atoms with Crippen LogP contribution in [0.15, 0.2) is 0 Å². The molecule has 0 spiro atoms. The monoisotopic (exact) mass is 154 g/mol. The van der Waals surface area contributed by atoms with Crippen LogP contribution in [-0.4, -0.2) is 36.5 Å². The summed E-state index contributed by atoms with van der Waals surface area (Å²) in [5, 5.41) is 2.99. The highest BCUT2D eigenvalue weighted by molar-refractivity contribution is 5.73. The third-order valence-electron chi connectivity index (χ3n) is 2.72. The van der Waals surface area contributed by atoms with Gasteiger partial charge >= 0.3 is 0 Å². The molecule has 2 rings (SSSR count). The third-order valence-corrected chi connectivity index (χ3v) is 2.72. The second-order valence-corrected chi connectivity index (χ2v) is 3.62. The van der Waals surface area contributed by atoms with Crippen LogP contribution in [-0.2, 0) is 4.79 Å². The number of hydrogen-bond acceptors (Lipinski definition) is 2. The summed E-state index contributed by atoms with van der Waals surface area (Å²) in [6.45, 7) is 5.11. The summed E-state index contributed by atoms with van der Waals surface area (Å²) in [4.78, 5) is 13.2. The van der Waals surface area contributed by atoms with Crippen molar-refractivity contribution < 1.29 is 4.79 Å². The van der Waals surface area contributed by atoms with E-state index in [-0.39, 0.29) is 5.91 Å². The van der Waals surface area contributed by atoms with E-state index < -0.39 is 0 Å². The first-order chi connectivity index (χ1) is 5.25. The van der Waals surface area contributed by atoms with Gasteiger partial charge in [0.15, 0.2) is 0 Å². The van der Waals surface area contributed by atoms with E-state index in [9.17, 15) is 4.79 Å². The van der Waals surface area contributed by atoms with Crippen LogP contribution in [0.1, 0.15) is 13.3 Å². The van der Waals surface area contributed by atoms with Crippen LogP contribution in [0, 0.1) is 5.92 Å². The second kappa shape index (κ2) is 2.48. The Morgan fingerprint density at radius 3 is 2.82 bits per heavy atom. The molecule has 2 saturated heterocycles. The maximum atomic E-state index is 10.7. The van der Waals surface area contributed by atoms with Gasteiger partial charge in [-0.25, -0.2) is 0 Å². The lowest BCUT2D eigenvalue weighted by Crippen LogP contribution is -2.42. The fourth-order valence-electron chi connectivity index (χ4n) is 2.21. The average Bonchev–Trinajstić information content (AvgIpc) is 2.45. The summed E-state index contributed by atoms with van der Waals surface area (Å²) in [6, 6.07) is 0.446. The van der Waals surface area contributed by atoms with Gasteiger partial charge in [0, 0.05) is 26.1 Å².